The smallest absolute Gasteiger partial charge is 0.230 e. The summed E-state index contributed by atoms with van der Waals surface area (Å²) in [5.74, 6) is 1.67. The molecule has 4 rings (SSSR count). The van der Waals surface area contributed by atoms with Crippen molar-refractivity contribution in [1.29, 1.82) is 0 Å². The molecule has 4 aromatic rings. The predicted molar refractivity (Wildman–Crippen MR) is 134 cm³/mol. The third kappa shape index (κ3) is 4.68. The van der Waals surface area contributed by atoms with E-state index in [1.54, 1.807) is 7.11 Å². The summed E-state index contributed by atoms with van der Waals surface area (Å²) in [7, 11) is 9.77. The molecule has 0 bridgehead atoms. The first kappa shape index (κ1) is 22.3. The molecule has 0 saturated heterocycles. The number of nitrogens with one attached hydrogen (secondary N) is 1. The number of benzene rings is 2. The van der Waals surface area contributed by atoms with Gasteiger partial charge in [0.25, 0.3) is 0 Å². The first-order valence-electron chi connectivity index (χ1n) is 10.7. The summed E-state index contributed by atoms with van der Waals surface area (Å²) >= 11 is 0. The average Bonchev–Trinajstić information content (AvgIpc) is 3.19. The summed E-state index contributed by atoms with van der Waals surface area (Å²) in [5.41, 5.74) is 10.7. The standard InChI is InChI=1S/C24H30N8O/c1-30(2)11-12-32(4)21-14-22(33-5)19(13-18(21)25)28-24-27-15-26-23(29-24)17-7-6-8-20-16(17)9-10-31(20)3/h6-10,13-15H,11-12,25H2,1-5H3,(H,26,27,28,29). The normalized spacial score (nSPS) is 11.2. The Morgan fingerprint density at radius 1 is 1.09 bits per heavy atom. The van der Waals surface area contributed by atoms with Crippen molar-refractivity contribution in [3.8, 4) is 17.1 Å². The van der Waals surface area contributed by atoms with Crippen LogP contribution >= 0.6 is 0 Å². The van der Waals surface area contributed by atoms with E-state index < -0.39 is 0 Å². The summed E-state index contributed by atoms with van der Waals surface area (Å²) < 4.78 is 7.71. The number of ether oxygens (including phenoxy) is 1. The molecule has 9 nitrogen and oxygen atoms in total. The number of fused-ring (bicyclic) bond motifs is 1. The third-order valence-corrected chi connectivity index (χ3v) is 5.63. The van der Waals surface area contributed by atoms with Gasteiger partial charge in [-0.3, -0.25) is 0 Å². The molecule has 0 aliphatic heterocycles. The molecule has 0 aliphatic carbocycles. The van der Waals surface area contributed by atoms with Crippen LogP contribution in [-0.2, 0) is 7.05 Å². The number of anilines is 4. The Morgan fingerprint density at radius 3 is 2.67 bits per heavy atom. The van der Waals surface area contributed by atoms with E-state index in [0.29, 0.717) is 28.9 Å². The number of hydrogen-bond donors (Lipinski definition) is 2. The monoisotopic (exact) mass is 446 g/mol. The summed E-state index contributed by atoms with van der Waals surface area (Å²) in [5, 5.41) is 4.33. The molecule has 2 heterocycles. The Bertz CT molecular complexity index is 1270. The lowest BCUT2D eigenvalue weighted by Gasteiger charge is -2.24. The number of aromatic nitrogens is 4. The zero-order valence-electron chi connectivity index (χ0n) is 19.7. The Hall–Kier alpha value is -3.85. The highest BCUT2D eigenvalue weighted by atomic mass is 16.5. The van der Waals surface area contributed by atoms with Gasteiger partial charge in [-0.2, -0.15) is 4.98 Å². The zero-order valence-corrected chi connectivity index (χ0v) is 19.7. The van der Waals surface area contributed by atoms with E-state index in [4.69, 9.17) is 10.5 Å². The van der Waals surface area contributed by atoms with Gasteiger partial charge in [-0.1, -0.05) is 12.1 Å². The topological polar surface area (TPSA) is 97.4 Å². The van der Waals surface area contributed by atoms with Crippen LogP contribution in [0, 0.1) is 0 Å². The molecular formula is C24H30N8O. The van der Waals surface area contributed by atoms with Crippen LogP contribution in [-0.4, -0.2) is 65.8 Å². The van der Waals surface area contributed by atoms with Gasteiger partial charge in [0.05, 0.1) is 24.2 Å². The van der Waals surface area contributed by atoms with Gasteiger partial charge in [-0.15, -0.1) is 0 Å². The fourth-order valence-electron chi connectivity index (χ4n) is 3.76. The second-order valence-electron chi connectivity index (χ2n) is 8.26. The van der Waals surface area contributed by atoms with E-state index >= 15 is 0 Å². The van der Waals surface area contributed by atoms with Gasteiger partial charge in [0.1, 0.15) is 12.1 Å². The van der Waals surface area contributed by atoms with E-state index in [2.05, 4.69) is 46.8 Å². The highest BCUT2D eigenvalue weighted by Crippen LogP contribution is 2.36. The lowest BCUT2D eigenvalue weighted by molar-refractivity contribution is 0.413. The van der Waals surface area contributed by atoms with Gasteiger partial charge in [0, 0.05) is 55.9 Å². The SMILES string of the molecule is COc1cc(N(C)CCN(C)C)c(N)cc1Nc1ncnc(-c2cccc3c2ccn3C)n1. The lowest BCUT2D eigenvalue weighted by Crippen LogP contribution is -2.29. The fraction of sp³-hybridized carbons (Fsp3) is 0.292. The van der Waals surface area contributed by atoms with Crippen molar-refractivity contribution in [2.75, 3.05) is 57.3 Å². The van der Waals surface area contributed by atoms with E-state index in [-0.39, 0.29) is 0 Å². The Balaban J connectivity index is 1.63. The van der Waals surface area contributed by atoms with Crippen LogP contribution in [0.15, 0.2) is 48.9 Å². The van der Waals surface area contributed by atoms with E-state index in [1.165, 1.54) is 6.33 Å². The van der Waals surface area contributed by atoms with E-state index in [0.717, 1.165) is 35.2 Å². The molecule has 0 unspecified atom stereocenters. The summed E-state index contributed by atoms with van der Waals surface area (Å²) in [6.45, 7) is 1.76. The maximum absolute atomic E-state index is 6.39. The molecular weight excluding hydrogens is 416 g/mol. The average molecular weight is 447 g/mol. The lowest BCUT2D eigenvalue weighted by atomic mass is 10.1. The van der Waals surface area contributed by atoms with E-state index in [9.17, 15) is 0 Å². The van der Waals surface area contributed by atoms with Crippen LogP contribution in [0.4, 0.5) is 23.0 Å². The minimum Gasteiger partial charge on any atom is -0.494 e. The Labute approximate surface area is 193 Å². The van der Waals surface area contributed by atoms with Crippen molar-refractivity contribution in [3.05, 3.63) is 48.9 Å². The van der Waals surface area contributed by atoms with Gasteiger partial charge < -0.3 is 30.2 Å². The number of nitrogen functional groups attached to an aromatic ring is 1. The number of nitrogens with zero attached hydrogens (tertiary/aromatic N) is 6. The molecule has 0 aliphatic rings. The van der Waals surface area contributed by atoms with Gasteiger partial charge in [0.15, 0.2) is 5.82 Å². The molecule has 0 saturated carbocycles. The maximum Gasteiger partial charge on any atom is 0.230 e. The van der Waals surface area contributed by atoms with Gasteiger partial charge in [-0.05, 0) is 32.3 Å². The second-order valence-corrected chi connectivity index (χ2v) is 8.26. The number of hydrogen-bond acceptors (Lipinski definition) is 8. The van der Waals surface area contributed by atoms with Gasteiger partial charge >= 0.3 is 0 Å². The number of methoxy groups -OCH3 is 1. The number of nitrogens with two attached hydrogens (primary N) is 1. The molecule has 9 heteroatoms. The van der Waals surface area contributed by atoms with Crippen molar-refractivity contribution in [2.45, 2.75) is 0 Å². The molecule has 0 spiro atoms. The van der Waals surface area contributed by atoms with Crippen molar-refractivity contribution in [1.82, 2.24) is 24.4 Å². The Morgan fingerprint density at radius 2 is 1.91 bits per heavy atom. The van der Waals surface area contributed by atoms with Crippen LogP contribution in [0.5, 0.6) is 5.75 Å². The molecule has 0 fully saturated rings. The molecule has 3 N–H and O–H groups in total. The molecule has 33 heavy (non-hydrogen) atoms. The third-order valence-electron chi connectivity index (χ3n) is 5.63. The largest absolute Gasteiger partial charge is 0.494 e. The van der Waals surface area contributed by atoms with Gasteiger partial charge in [0.2, 0.25) is 5.95 Å². The molecule has 2 aromatic carbocycles. The molecule has 0 radical (unpaired) electrons. The fourth-order valence-corrected chi connectivity index (χ4v) is 3.76. The minimum atomic E-state index is 0.416. The second kappa shape index (κ2) is 9.33. The highest BCUT2D eigenvalue weighted by molar-refractivity contribution is 5.93. The first-order valence-corrected chi connectivity index (χ1v) is 10.7. The molecule has 0 atom stereocenters. The van der Waals surface area contributed by atoms with Gasteiger partial charge in [-0.25, -0.2) is 9.97 Å². The van der Waals surface area contributed by atoms with Crippen molar-refractivity contribution < 1.29 is 4.74 Å². The van der Waals surface area contributed by atoms with Crippen LogP contribution in [0.25, 0.3) is 22.3 Å². The summed E-state index contributed by atoms with van der Waals surface area (Å²) in [4.78, 5) is 17.6. The van der Waals surface area contributed by atoms with Crippen LogP contribution in [0.3, 0.4) is 0 Å². The number of likely N-dealkylation sites (N-methyl/N-ethyl adjacent to an activating group) is 2. The quantitative estimate of drug-likeness (QED) is 0.398. The zero-order chi connectivity index (χ0) is 23.5. The molecule has 2 aromatic heterocycles. The van der Waals surface area contributed by atoms with Crippen LogP contribution < -0.4 is 20.7 Å². The maximum atomic E-state index is 6.39. The summed E-state index contributed by atoms with van der Waals surface area (Å²) in [6.07, 6.45) is 3.53. The van der Waals surface area contributed by atoms with Crippen molar-refractivity contribution in [2.24, 2.45) is 7.05 Å². The van der Waals surface area contributed by atoms with Crippen molar-refractivity contribution in [3.63, 3.8) is 0 Å². The first-order chi connectivity index (χ1) is 15.9. The minimum absolute atomic E-state index is 0.416. The predicted octanol–water partition coefficient (Wildman–Crippen LogP) is 3.36. The van der Waals surface area contributed by atoms with Crippen molar-refractivity contribution >= 4 is 33.9 Å². The Kier molecular flexibility index (Phi) is 6.32. The van der Waals surface area contributed by atoms with E-state index in [1.807, 2.05) is 58.7 Å². The molecule has 0 amide bonds. The summed E-state index contributed by atoms with van der Waals surface area (Å²) in [6, 6.07) is 11.9. The van der Waals surface area contributed by atoms with Crippen LogP contribution in [0.1, 0.15) is 0 Å². The number of aryl methyl sites for hydroxylation is 1. The highest BCUT2D eigenvalue weighted by Gasteiger charge is 2.15. The molecule has 172 valence electrons. The number of rotatable bonds is 8. The van der Waals surface area contributed by atoms with Crippen LogP contribution in [0.2, 0.25) is 0 Å².